The molecule has 0 unspecified atom stereocenters. The van der Waals surface area contributed by atoms with Crippen molar-refractivity contribution < 1.29 is 4.57 Å². The molecule has 2 aliphatic rings. The zero-order chi connectivity index (χ0) is 22.5. The normalized spacial score (nSPS) is 18.2. The van der Waals surface area contributed by atoms with Gasteiger partial charge in [-0.25, -0.2) is 4.57 Å². The van der Waals surface area contributed by atoms with Crippen LogP contribution in [0.2, 0.25) is 0 Å². The monoisotopic (exact) mass is 426 g/mol. The quantitative estimate of drug-likeness (QED) is 0.371. The minimum Gasteiger partial charge on any atom is -0.200 e. The van der Waals surface area contributed by atoms with Crippen molar-refractivity contribution in [2.45, 2.75) is 96.3 Å². The summed E-state index contributed by atoms with van der Waals surface area (Å²) in [6.45, 7) is 9.31. The van der Waals surface area contributed by atoms with Crippen LogP contribution in [0.3, 0.4) is 0 Å². The molecule has 1 heterocycles. The van der Waals surface area contributed by atoms with E-state index in [1.54, 1.807) is 11.1 Å². The summed E-state index contributed by atoms with van der Waals surface area (Å²) in [6, 6.07) is 14.6. The molecular weight excluding hydrogens is 386 g/mol. The van der Waals surface area contributed by atoms with E-state index < -0.39 is 0 Å². The van der Waals surface area contributed by atoms with E-state index in [2.05, 4.69) is 81.9 Å². The number of aryl methyl sites for hydroxylation is 1. The van der Waals surface area contributed by atoms with Crippen LogP contribution in [0.25, 0.3) is 22.0 Å². The average molecular weight is 427 g/mol. The lowest BCUT2D eigenvalue weighted by Crippen LogP contribution is -2.31. The van der Waals surface area contributed by atoms with Crippen LogP contribution in [0, 0.1) is 6.92 Å². The van der Waals surface area contributed by atoms with Gasteiger partial charge in [-0.05, 0) is 89.6 Å². The lowest BCUT2D eigenvalue weighted by Gasteiger charge is -2.22. The summed E-state index contributed by atoms with van der Waals surface area (Å²) in [6.07, 6.45) is 13.3. The van der Waals surface area contributed by atoms with Crippen LogP contribution < -0.4 is 4.57 Å². The summed E-state index contributed by atoms with van der Waals surface area (Å²) in [5.74, 6) is 1.50. The molecule has 2 saturated carbocycles. The fourth-order valence-corrected chi connectivity index (χ4v) is 6.34. The molecule has 32 heavy (non-hydrogen) atoms. The second-order valence-electron chi connectivity index (χ2n) is 11.6. The first-order valence-electron chi connectivity index (χ1n) is 12.9. The van der Waals surface area contributed by atoms with Crippen molar-refractivity contribution in [1.29, 1.82) is 0 Å². The van der Waals surface area contributed by atoms with Gasteiger partial charge in [-0.1, -0.05) is 64.7 Å². The highest BCUT2D eigenvalue weighted by molar-refractivity contribution is 5.94. The molecule has 0 spiro atoms. The number of rotatable bonds is 3. The van der Waals surface area contributed by atoms with Crippen molar-refractivity contribution in [3.63, 3.8) is 0 Å². The van der Waals surface area contributed by atoms with Gasteiger partial charge >= 0.3 is 0 Å². The van der Waals surface area contributed by atoms with Gasteiger partial charge in [0.1, 0.15) is 7.05 Å². The first-order valence-corrected chi connectivity index (χ1v) is 12.9. The van der Waals surface area contributed by atoms with Crippen LogP contribution >= 0.6 is 0 Å². The van der Waals surface area contributed by atoms with Crippen LogP contribution in [0.5, 0.6) is 0 Å². The van der Waals surface area contributed by atoms with E-state index in [0.717, 1.165) is 11.8 Å². The Morgan fingerprint density at radius 3 is 2.12 bits per heavy atom. The Kier molecular flexibility index (Phi) is 5.64. The molecule has 1 nitrogen and oxygen atoms in total. The molecule has 0 saturated heterocycles. The van der Waals surface area contributed by atoms with Crippen LogP contribution in [0.4, 0.5) is 0 Å². The van der Waals surface area contributed by atoms with E-state index in [9.17, 15) is 0 Å². The second kappa shape index (κ2) is 8.32. The van der Waals surface area contributed by atoms with E-state index in [4.69, 9.17) is 0 Å². The summed E-state index contributed by atoms with van der Waals surface area (Å²) in [5.41, 5.74) is 9.20. The van der Waals surface area contributed by atoms with E-state index in [0.29, 0.717) is 0 Å². The Morgan fingerprint density at radius 2 is 1.47 bits per heavy atom. The number of hydrogen-bond donors (Lipinski definition) is 0. The highest BCUT2D eigenvalue weighted by atomic mass is 14.9. The highest BCUT2D eigenvalue weighted by Crippen LogP contribution is 2.43. The molecule has 1 aromatic heterocycles. The minimum absolute atomic E-state index is 0.167. The number of aromatic nitrogens is 1. The van der Waals surface area contributed by atoms with Gasteiger partial charge in [-0.3, -0.25) is 0 Å². The molecule has 0 aliphatic heterocycles. The number of nitrogens with zero attached hydrogens (tertiary/aromatic N) is 1. The molecule has 0 radical (unpaired) electrons. The van der Waals surface area contributed by atoms with Crippen molar-refractivity contribution in [3.05, 3.63) is 64.8 Å². The largest absolute Gasteiger partial charge is 0.220 e. The minimum atomic E-state index is 0.167. The summed E-state index contributed by atoms with van der Waals surface area (Å²) in [7, 11) is 2.23. The Hall–Kier alpha value is -2.15. The van der Waals surface area contributed by atoms with Gasteiger partial charge in [-0.2, -0.15) is 0 Å². The first kappa shape index (κ1) is 21.7. The molecule has 3 aromatic rings. The number of benzene rings is 2. The van der Waals surface area contributed by atoms with Crippen molar-refractivity contribution in [3.8, 4) is 11.3 Å². The molecule has 0 atom stereocenters. The maximum atomic E-state index is 2.62. The SMILES string of the molecule is Cc1c(-c2c3ccc(C(C)(C)C)cc3cc[n+]2C)cc(C2CCCC2)cc1C1CCCC1. The summed E-state index contributed by atoms with van der Waals surface area (Å²) < 4.78 is 2.36. The topological polar surface area (TPSA) is 3.88 Å². The second-order valence-corrected chi connectivity index (χ2v) is 11.6. The molecule has 5 rings (SSSR count). The third kappa shape index (κ3) is 3.89. The molecule has 2 aliphatic carbocycles. The Bertz CT molecular complexity index is 1140. The summed E-state index contributed by atoms with van der Waals surface area (Å²) in [5, 5.41) is 2.74. The Labute approximate surface area is 194 Å². The molecule has 2 aromatic carbocycles. The molecule has 0 bridgehead atoms. The van der Waals surface area contributed by atoms with Gasteiger partial charge < -0.3 is 0 Å². The number of pyridine rings is 1. The lowest BCUT2D eigenvalue weighted by molar-refractivity contribution is -0.659. The van der Waals surface area contributed by atoms with Gasteiger partial charge in [0, 0.05) is 6.07 Å². The highest BCUT2D eigenvalue weighted by Gasteiger charge is 2.27. The predicted molar refractivity (Wildman–Crippen MR) is 136 cm³/mol. The van der Waals surface area contributed by atoms with Gasteiger partial charge in [0.25, 0.3) is 0 Å². The predicted octanol–water partition coefficient (Wildman–Crippen LogP) is 8.25. The third-order valence-corrected chi connectivity index (χ3v) is 8.35. The van der Waals surface area contributed by atoms with Crippen LogP contribution in [0.15, 0.2) is 42.6 Å². The maximum absolute atomic E-state index is 2.62. The van der Waals surface area contributed by atoms with E-state index in [1.165, 1.54) is 84.5 Å². The van der Waals surface area contributed by atoms with Crippen molar-refractivity contribution in [2.75, 3.05) is 0 Å². The first-order chi connectivity index (χ1) is 15.3. The smallest absolute Gasteiger partial charge is 0.200 e. The molecule has 2 fully saturated rings. The summed E-state index contributed by atoms with van der Waals surface area (Å²) in [4.78, 5) is 0. The van der Waals surface area contributed by atoms with Crippen molar-refractivity contribution >= 4 is 10.8 Å². The Morgan fingerprint density at radius 1 is 0.812 bits per heavy atom. The van der Waals surface area contributed by atoms with E-state index >= 15 is 0 Å². The summed E-state index contributed by atoms with van der Waals surface area (Å²) >= 11 is 0. The van der Waals surface area contributed by atoms with E-state index in [1.807, 2.05) is 0 Å². The zero-order valence-corrected chi connectivity index (χ0v) is 20.8. The van der Waals surface area contributed by atoms with Crippen LogP contribution in [-0.2, 0) is 12.5 Å². The van der Waals surface area contributed by atoms with Gasteiger partial charge in [-0.15, -0.1) is 0 Å². The van der Waals surface area contributed by atoms with Crippen molar-refractivity contribution in [1.82, 2.24) is 0 Å². The standard InChI is InChI=1S/C31H40N/c1-21-28(23-12-8-9-13-23)19-25(22-10-6-7-11-22)20-29(21)30-27-15-14-26(31(2,3)4)18-24(27)16-17-32(30)5/h14-20,22-23H,6-13H2,1-5H3/q+1. The molecule has 0 N–H and O–H groups in total. The van der Waals surface area contributed by atoms with Crippen LogP contribution in [0.1, 0.15) is 106 Å². The molecule has 168 valence electrons. The molecular formula is C31H40N+. The van der Waals surface area contributed by atoms with E-state index in [-0.39, 0.29) is 5.41 Å². The molecule has 1 heteroatoms. The average Bonchev–Trinajstić information content (AvgIpc) is 3.48. The zero-order valence-electron chi connectivity index (χ0n) is 20.8. The Balaban J connectivity index is 1.73. The molecule has 0 amide bonds. The van der Waals surface area contributed by atoms with Crippen LogP contribution in [-0.4, -0.2) is 0 Å². The fraction of sp³-hybridized carbons (Fsp3) is 0.516. The fourth-order valence-electron chi connectivity index (χ4n) is 6.34. The lowest BCUT2D eigenvalue weighted by atomic mass is 9.83. The maximum Gasteiger partial charge on any atom is 0.220 e. The van der Waals surface area contributed by atoms with Gasteiger partial charge in [0.05, 0.1) is 10.9 Å². The third-order valence-electron chi connectivity index (χ3n) is 8.35. The number of hydrogen-bond acceptors (Lipinski definition) is 0. The van der Waals surface area contributed by atoms with Crippen molar-refractivity contribution in [2.24, 2.45) is 7.05 Å². The number of fused-ring (bicyclic) bond motifs is 1. The van der Waals surface area contributed by atoms with Gasteiger partial charge in [0.15, 0.2) is 6.20 Å². The van der Waals surface area contributed by atoms with Gasteiger partial charge in [0.2, 0.25) is 5.69 Å².